The van der Waals surface area contributed by atoms with E-state index >= 15 is 0 Å². The van der Waals surface area contributed by atoms with Crippen molar-refractivity contribution in [3.8, 4) is 17.2 Å². The van der Waals surface area contributed by atoms with E-state index in [9.17, 15) is 0 Å². The number of likely N-dealkylation sites (N-methyl/N-ethyl adjacent to an activating group) is 1. The Balaban J connectivity index is 1.49. The highest BCUT2D eigenvalue weighted by Crippen LogP contribution is 2.27. The van der Waals surface area contributed by atoms with E-state index in [1.807, 2.05) is 50.5 Å². The summed E-state index contributed by atoms with van der Waals surface area (Å²) in [5, 5.41) is 14.3. The summed E-state index contributed by atoms with van der Waals surface area (Å²) in [4.78, 5) is 10.7. The van der Waals surface area contributed by atoms with Crippen LogP contribution >= 0.6 is 11.6 Å². The van der Waals surface area contributed by atoms with Crippen molar-refractivity contribution in [1.82, 2.24) is 24.6 Å². The number of halogens is 1. The minimum absolute atomic E-state index is 0.312. The monoisotopic (exact) mass is 465 g/mol. The molecule has 10 heteroatoms. The van der Waals surface area contributed by atoms with Crippen molar-refractivity contribution in [2.45, 2.75) is 6.54 Å². The number of hydrogen-bond donors (Lipinski definition) is 0. The Bertz CT molecular complexity index is 1270. The van der Waals surface area contributed by atoms with Gasteiger partial charge in [-0.15, -0.1) is 5.11 Å². The molecule has 0 radical (unpaired) electrons. The van der Waals surface area contributed by atoms with Crippen molar-refractivity contribution < 1.29 is 9.47 Å². The topological polar surface area (TPSA) is 90.0 Å². The number of fused-ring (bicyclic) bond motifs is 1. The normalized spacial score (nSPS) is 11.5. The molecule has 9 nitrogen and oxygen atoms in total. The Morgan fingerprint density at radius 1 is 1.09 bits per heavy atom. The number of rotatable bonds is 9. The second-order valence-electron chi connectivity index (χ2n) is 7.50. The predicted molar refractivity (Wildman–Crippen MR) is 127 cm³/mol. The maximum Gasteiger partial charge on any atom is 0.188 e. The van der Waals surface area contributed by atoms with Crippen LogP contribution in [0.1, 0.15) is 5.56 Å². The molecule has 4 rings (SSSR count). The fourth-order valence-corrected chi connectivity index (χ4v) is 3.34. The van der Waals surface area contributed by atoms with E-state index in [4.69, 9.17) is 21.1 Å². The lowest BCUT2D eigenvalue weighted by Crippen LogP contribution is -2.19. The quantitative estimate of drug-likeness (QED) is 0.333. The molecular formula is C23H24ClN7O2. The first-order chi connectivity index (χ1) is 16.0. The van der Waals surface area contributed by atoms with Gasteiger partial charge in [-0.25, -0.2) is 14.6 Å². The Hall–Kier alpha value is -3.56. The van der Waals surface area contributed by atoms with Crippen LogP contribution in [-0.2, 0) is 6.54 Å². The van der Waals surface area contributed by atoms with Gasteiger partial charge in [-0.05, 0) is 43.9 Å². The van der Waals surface area contributed by atoms with E-state index in [0.717, 1.165) is 29.3 Å². The number of methoxy groups -OCH3 is 1. The van der Waals surface area contributed by atoms with Crippen molar-refractivity contribution in [3.05, 3.63) is 65.6 Å². The predicted octanol–water partition coefficient (Wildman–Crippen LogP) is 4.70. The summed E-state index contributed by atoms with van der Waals surface area (Å²) in [7, 11) is 5.62. The van der Waals surface area contributed by atoms with Crippen LogP contribution in [0.25, 0.3) is 16.7 Å². The summed E-state index contributed by atoms with van der Waals surface area (Å²) in [6, 6.07) is 13.1. The van der Waals surface area contributed by atoms with Crippen molar-refractivity contribution in [2.24, 2.45) is 10.2 Å². The third-order valence-electron chi connectivity index (χ3n) is 4.88. The molecule has 33 heavy (non-hydrogen) atoms. The molecular weight excluding hydrogens is 442 g/mol. The van der Waals surface area contributed by atoms with Crippen LogP contribution in [-0.4, -0.2) is 59.0 Å². The van der Waals surface area contributed by atoms with Crippen molar-refractivity contribution in [1.29, 1.82) is 0 Å². The zero-order valence-electron chi connectivity index (χ0n) is 18.6. The summed E-state index contributed by atoms with van der Waals surface area (Å²) in [5.74, 6) is 1.90. The third-order valence-corrected chi connectivity index (χ3v) is 5.23. The molecule has 0 fully saturated rings. The molecule has 2 heterocycles. The summed E-state index contributed by atoms with van der Waals surface area (Å²) >= 11 is 6.40. The molecule has 0 saturated heterocycles. The molecule has 0 spiro atoms. The zero-order valence-corrected chi connectivity index (χ0v) is 19.4. The molecule has 0 aliphatic rings. The van der Waals surface area contributed by atoms with Crippen molar-refractivity contribution in [3.63, 3.8) is 0 Å². The van der Waals surface area contributed by atoms with Gasteiger partial charge in [0.2, 0.25) is 0 Å². The van der Waals surface area contributed by atoms with Gasteiger partial charge in [0.15, 0.2) is 11.5 Å². The van der Waals surface area contributed by atoms with E-state index < -0.39 is 0 Å². The largest absolute Gasteiger partial charge is 0.497 e. The summed E-state index contributed by atoms with van der Waals surface area (Å²) in [5.41, 5.74) is 2.30. The van der Waals surface area contributed by atoms with Gasteiger partial charge in [0, 0.05) is 17.6 Å². The van der Waals surface area contributed by atoms with E-state index in [2.05, 4.69) is 30.2 Å². The molecule has 0 atom stereocenters. The summed E-state index contributed by atoms with van der Waals surface area (Å²) in [6.07, 6.45) is 3.12. The number of ether oxygens (including phenoxy) is 2. The van der Waals surface area contributed by atoms with Crippen LogP contribution in [0.2, 0.25) is 5.02 Å². The smallest absolute Gasteiger partial charge is 0.188 e. The fourth-order valence-electron chi connectivity index (χ4n) is 3.11. The lowest BCUT2D eigenvalue weighted by Gasteiger charge is -2.11. The first-order valence-electron chi connectivity index (χ1n) is 10.3. The van der Waals surface area contributed by atoms with Crippen LogP contribution in [0.3, 0.4) is 0 Å². The van der Waals surface area contributed by atoms with Crippen LogP contribution in [0.4, 0.5) is 5.82 Å². The average molecular weight is 466 g/mol. The summed E-state index contributed by atoms with van der Waals surface area (Å²) < 4.78 is 12.7. The van der Waals surface area contributed by atoms with Crippen molar-refractivity contribution >= 4 is 28.5 Å². The molecule has 0 saturated carbocycles. The van der Waals surface area contributed by atoms with E-state index in [1.165, 1.54) is 6.33 Å². The minimum atomic E-state index is 0.312. The Morgan fingerprint density at radius 3 is 2.76 bits per heavy atom. The number of benzene rings is 2. The van der Waals surface area contributed by atoms with E-state index in [-0.39, 0.29) is 0 Å². The zero-order chi connectivity index (χ0) is 23.2. The molecule has 0 amide bonds. The number of nitrogens with zero attached hydrogens (tertiary/aromatic N) is 7. The molecule has 0 N–H and O–H groups in total. The van der Waals surface area contributed by atoms with E-state index in [0.29, 0.717) is 35.0 Å². The van der Waals surface area contributed by atoms with E-state index in [1.54, 1.807) is 24.1 Å². The fraction of sp³-hybridized carbons (Fsp3) is 0.261. The van der Waals surface area contributed by atoms with Crippen LogP contribution in [0.5, 0.6) is 11.5 Å². The molecule has 4 aromatic rings. The third kappa shape index (κ3) is 5.44. The van der Waals surface area contributed by atoms with Gasteiger partial charge >= 0.3 is 0 Å². The second-order valence-corrected chi connectivity index (χ2v) is 7.90. The van der Waals surface area contributed by atoms with Gasteiger partial charge in [-0.3, -0.25) is 0 Å². The maximum atomic E-state index is 6.40. The first kappa shape index (κ1) is 22.6. The van der Waals surface area contributed by atoms with Gasteiger partial charge < -0.3 is 14.4 Å². The van der Waals surface area contributed by atoms with Crippen LogP contribution in [0.15, 0.2) is 65.2 Å². The van der Waals surface area contributed by atoms with Gasteiger partial charge in [0.05, 0.1) is 30.9 Å². The van der Waals surface area contributed by atoms with Gasteiger partial charge in [-0.2, -0.15) is 10.2 Å². The SMILES string of the molecule is COc1cccc(-n2ncc3c(N=NCc4ccc(OCCN(C)C)cc4Cl)ncnc32)c1. The standard InChI is InChI=1S/C23H24ClN7O2/c1-30(2)9-10-33-19-8-7-16(21(24)12-19)13-27-29-22-20-14-28-31(23(20)26-15-25-22)17-5-4-6-18(11-17)32-3/h4-8,11-12,14-15H,9-10,13H2,1-3H3. The van der Waals surface area contributed by atoms with Gasteiger partial charge in [-0.1, -0.05) is 23.7 Å². The molecule has 0 bridgehead atoms. The Morgan fingerprint density at radius 2 is 1.97 bits per heavy atom. The average Bonchev–Trinajstić information content (AvgIpc) is 3.25. The highest BCUT2D eigenvalue weighted by Gasteiger charge is 2.11. The second kappa shape index (κ2) is 10.4. The molecule has 0 aliphatic heterocycles. The highest BCUT2D eigenvalue weighted by atomic mass is 35.5. The minimum Gasteiger partial charge on any atom is -0.497 e. The molecule has 0 unspecified atom stereocenters. The molecule has 170 valence electrons. The molecule has 0 aliphatic carbocycles. The lowest BCUT2D eigenvalue weighted by molar-refractivity contribution is 0.261. The number of azo groups is 1. The van der Waals surface area contributed by atoms with Crippen LogP contribution in [0, 0.1) is 0 Å². The summed E-state index contributed by atoms with van der Waals surface area (Å²) in [6.45, 7) is 1.73. The maximum absolute atomic E-state index is 6.40. The lowest BCUT2D eigenvalue weighted by atomic mass is 10.2. The Labute approximate surface area is 196 Å². The van der Waals surface area contributed by atoms with Crippen molar-refractivity contribution in [2.75, 3.05) is 34.4 Å². The number of hydrogen-bond acceptors (Lipinski definition) is 8. The van der Waals surface area contributed by atoms with Gasteiger partial charge in [0.25, 0.3) is 0 Å². The first-order valence-corrected chi connectivity index (χ1v) is 10.7. The van der Waals surface area contributed by atoms with Crippen LogP contribution < -0.4 is 9.47 Å². The Kier molecular flexibility index (Phi) is 7.11. The van der Waals surface area contributed by atoms with Gasteiger partial charge in [0.1, 0.15) is 24.4 Å². The number of aromatic nitrogens is 4. The molecule has 2 aromatic heterocycles. The molecule has 2 aromatic carbocycles. The highest BCUT2D eigenvalue weighted by molar-refractivity contribution is 6.31.